The van der Waals surface area contributed by atoms with Crippen LogP contribution >= 0.6 is 11.3 Å². The lowest BCUT2D eigenvalue weighted by atomic mass is 10.1. The van der Waals surface area contributed by atoms with Gasteiger partial charge in [0.25, 0.3) is 5.91 Å². The van der Waals surface area contributed by atoms with Crippen LogP contribution in [-0.2, 0) is 13.0 Å². The van der Waals surface area contributed by atoms with Gasteiger partial charge in [0.2, 0.25) is 0 Å². The lowest BCUT2D eigenvalue weighted by molar-refractivity contribution is 0.101. The number of benzene rings is 2. The normalized spacial score (nSPS) is 11.0. The molecular formula is C23H22N2OS. The maximum atomic E-state index is 13.1. The number of rotatable bonds is 5. The highest BCUT2D eigenvalue weighted by Gasteiger charge is 2.17. The molecule has 0 atom stereocenters. The number of fused-ring (bicyclic) bond motifs is 1. The fraction of sp³-hybridized carbons (Fsp3) is 0.174. The number of aryl methyl sites for hydroxylation is 4. The van der Waals surface area contributed by atoms with E-state index in [1.165, 1.54) is 5.56 Å². The predicted molar refractivity (Wildman–Crippen MR) is 114 cm³/mol. The van der Waals surface area contributed by atoms with Crippen LogP contribution in [0, 0.1) is 13.8 Å². The molecular weight excluding hydrogens is 352 g/mol. The van der Waals surface area contributed by atoms with Crippen molar-refractivity contribution in [3.63, 3.8) is 0 Å². The van der Waals surface area contributed by atoms with Gasteiger partial charge in [0.1, 0.15) is 5.69 Å². The Kier molecular flexibility index (Phi) is 4.82. The van der Waals surface area contributed by atoms with E-state index in [1.54, 1.807) is 11.3 Å². The van der Waals surface area contributed by atoms with Gasteiger partial charge in [-0.2, -0.15) is 0 Å². The summed E-state index contributed by atoms with van der Waals surface area (Å²) in [5.74, 6) is -0.0554. The summed E-state index contributed by atoms with van der Waals surface area (Å²) in [5, 5.41) is 5.18. The number of hydrogen-bond acceptors (Lipinski definition) is 2. The third-order valence-corrected chi connectivity index (χ3v) is 5.72. The van der Waals surface area contributed by atoms with Crippen molar-refractivity contribution in [1.82, 2.24) is 4.57 Å². The first kappa shape index (κ1) is 17.6. The lowest BCUT2D eigenvalue weighted by Crippen LogP contribution is -2.18. The fourth-order valence-electron chi connectivity index (χ4n) is 3.35. The van der Waals surface area contributed by atoms with E-state index >= 15 is 0 Å². The molecule has 1 N–H and O–H groups in total. The largest absolute Gasteiger partial charge is 0.335 e. The van der Waals surface area contributed by atoms with Gasteiger partial charge in [-0.1, -0.05) is 42.5 Å². The van der Waals surface area contributed by atoms with Gasteiger partial charge in [0, 0.05) is 12.2 Å². The molecule has 0 fully saturated rings. The second kappa shape index (κ2) is 7.41. The first-order chi connectivity index (χ1) is 13.1. The summed E-state index contributed by atoms with van der Waals surface area (Å²) in [5.41, 5.74) is 6.19. The molecule has 4 heteroatoms. The molecule has 2 aromatic heterocycles. The molecule has 0 unspecified atom stereocenters. The van der Waals surface area contributed by atoms with Crippen molar-refractivity contribution in [2.24, 2.45) is 0 Å². The van der Waals surface area contributed by atoms with Crippen molar-refractivity contribution in [2.75, 3.05) is 5.32 Å². The number of anilines is 1. The number of amides is 1. The van der Waals surface area contributed by atoms with Crippen molar-refractivity contribution in [3.05, 3.63) is 88.4 Å². The average Bonchev–Trinajstić information content (AvgIpc) is 3.25. The number of aromatic nitrogens is 1. The Balaban J connectivity index is 1.63. The summed E-state index contributed by atoms with van der Waals surface area (Å²) >= 11 is 1.67. The standard InChI is InChI=1S/C23H22N2OS/c1-16-8-9-17(2)19(14-16)24-23(26)21-15-22-20(11-13-27-22)25(21)12-10-18-6-4-3-5-7-18/h3-9,11,13-15H,10,12H2,1-2H3,(H,24,26). The lowest BCUT2D eigenvalue weighted by Gasteiger charge is -2.13. The van der Waals surface area contributed by atoms with Crippen LogP contribution in [0.25, 0.3) is 10.2 Å². The molecule has 2 heterocycles. The molecule has 0 saturated heterocycles. The highest BCUT2D eigenvalue weighted by molar-refractivity contribution is 7.17. The van der Waals surface area contributed by atoms with E-state index < -0.39 is 0 Å². The maximum absolute atomic E-state index is 13.1. The van der Waals surface area contributed by atoms with Crippen LogP contribution in [0.15, 0.2) is 66.0 Å². The molecule has 0 aliphatic rings. The van der Waals surface area contributed by atoms with Gasteiger partial charge >= 0.3 is 0 Å². The second-order valence-corrected chi connectivity index (χ2v) is 7.81. The van der Waals surface area contributed by atoms with E-state index in [4.69, 9.17) is 0 Å². The quantitative estimate of drug-likeness (QED) is 0.469. The Morgan fingerprint density at radius 2 is 1.85 bits per heavy atom. The summed E-state index contributed by atoms with van der Waals surface area (Å²) < 4.78 is 3.29. The first-order valence-electron chi connectivity index (χ1n) is 9.11. The van der Waals surface area contributed by atoms with Crippen LogP contribution < -0.4 is 5.32 Å². The van der Waals surface area contributed by atoms with Crippen molar-refractivity contribution < 1.29 is 4.79 Å². The monoisotopic (exact) mass is 374 g/mol. The van der Waals surface area contributed by atoms with E-state index in [9.17, 15) is 4.79 Å². The predicted octanol–water partition coefficient (Wildman–Crippen LogP) is 5.81. The molecule has 3 nitrogen and oxygen atoms in total. The third kappa shape index (κ3) is 3.67. The molecule has 1 amide bonds. The molecule has 0 aliphatic heterocycles. The second-order valence-electron chi connectivity index (χ2n) is 6.86. The van der Waals surface area contributed by atoms with Gasteiger partial charge in [0.05, 0.1) is 10.2 Å². The van der Waals surface area contributed by atoms with E-state index in [-0.39, 0.29) is 5.91 Å². The summed E-state index contributed by atoms with van der Waals surface area (Å²) in [6.45, 7) is 4.83. The van der Waals surface area contributed by atoms with Crippen LogP contribution in [0.5, 0.6) is 0 Å². The minimum Gasteiger partial charge on any atom is -0.335 e. The Labute approximate surface area is 163 Å². The van der Waals surface area contributed by atoms with E-state index in [2.05, 4.69) is 51.7 Å². The highest BCUT2D eigenvalue weighted by atomic mass is 32.1. The summed E-state index contributed by atoms with van der Waals surface area (Å²) in [4.78, 5) is 13.1. The molecule has 2 aromatic carbocycles. The van der Waals surface area contributed by atoms with Crippen LogP contribution in [0.3, 0.4) is 0 Å². The zero-order chi connectivity index (χ0) is 18.8. The topological polar surface area (TPSA) is 34.0 Å². The molecule has 0 bridgehead atoms. The van der Waals surface area contributed by atoms with Crippen molar-refractivity contribution in [1.29, 1.82) is 0 Å². The zero-order valence-electron chi connectivity index (χ0n) is 15.5. The Hall–Kier alpha value is -2.85. The van der Waals surface area contributed by atoms with Crippen LogP contribution in [-0.4, -0.2) is 10.5 Å². The Morgan fingerprint density at radius 1 is 1.04 bits per heavy atom. The number of nitrogens with zero attached hydrogens (tertiary/aromatic N) is 1. The van der Waals surface area contributed by atoms with Gasteiger partial charge in [0.15, 0.2) is 0 Å². The van der Waals surface area contributed by atoms with Gasteiger partial charge in [-0.05, 0) is 60.5 Å². The average molecular weight is 375 g/mol. The Bertz CT molecular complexity index is 1090. The number of thiophene rings is 1. The summed E-state index contributed by atoms with van der Waals surface area (Å²) in [7, 11) is 0. The number of carbonyl (C=O) groups excluding carboxylic acids is 1. The summed E-state index contributed by atoms with van der Waals surface area (Å²) in [6.07, 6.45) is 0.893. The van der Waals surface area contributed by atoms with Gasteiger partial charge in [-0.3, -0.25) is 4.79 Å². The van der Waals surface area contributed by atoms with Crippen LogP contribution in [0.2, 0.25) is 0 Å². The van der Waals surface area contributed by atoms with E-state index in [0.717, 1.165) is 40.0 Å². The van der Waals surface area contributed by atoms with Gasteiger partial charge < -0.3 is 9.88 Å². The maximum Gasteiger partial charge on any atom is 0.272 e. The minimum absolute atomic E-state index is 0.0554. The summed E-state index contributed by atoms with van der Waals surface area (Å²) in [6, 6.07) is 20.6. The molecule has 0 radical (unpaired) electrons. The van der Waals surface area contributed by atoms with Crippen molar-refractivity contribution >= 4 is 33.1 Å². The molecule has 136 valence electrons. The molecule has 0 saturated carbocycles. The van der Waals surface area contributed by atoms with Gasteiger partial charge in [-0.25, -0.2) is 0 Å². The first-order valence-corrected chi connectivity index (χ1v) is 9.99. The van der Waals surface area contributed by atoms with Crippen molar-refractivity contribution in [3.8, 4) is 0 Å². The minimum atomic E-state index is -0.0554. The molecule has 0 spiro atoms. The third-order valence-electron chi connectivity index (χ3n) is 4.86. The number of carbonyl (C=O) groups is 1. The Morgan fingerprint density at radius 3 is 2.67 bits per heavy atom. The smallest absolute Gasteiger partial charge is 0.272 e. The molecule has 0 aliphatic carbocycles. The molecule has 4 aromatic rings. The SMILES string of the molecule is Cc1ccc(C)c(NC(=O)c2cc3sccc3n2CCc2ccccc2)c1. The van der Waals surface area contributed by atoms with Crippen molar-refractivity contribution in [2.45, 2.75) is 26.8 Å². The van der Waals surface area contributed by atoms with Gasteiger partial charge in [-0.15, -0.1) is 11.3 Å². The van der Waals surface area contributed by atoms with Crippen LogP contribution in [0.1, 0.15) is 27.2 Å². The molecule has 27 heavy (non-hydrogen) atoms. The number of hydrogen-bond donors (Lipinski definition) is 1. The fourth-order valence-corrected chi connectivity index (χ4v) is 4.17. The molecule has 4 rings (SSSR count). The highest BCUT2D eigenvalue weighted by Crippen LogP contribution is 2.27. The zero-order valence-corrected chi connectivity index (χ0v) is 16.3. The number of nitrogens with one attached hydrogen (secondary N) is 1. The van der Waals surface area contributed by atoms with E-state index in [1.807, 2.05) is 38.1 Å². The van der Waals surface area contributed by atoms with Crippen LogP contribution in [0.4, 0.5) is 5.69 Å². The van der Waals surface area contributed by atoms with E-state index in [0.29, 0.717) is 5.69 Å².